The fraction of sp³-hybridized carbons (Fsp3) is 0.429. The summed E-state index contributed by atoms with van der Waals surface area (Å²) in [6.45, 7) is 3.77. The van der Waals surface area contributed by atoms with Crippen LogP contribution in [0.1, 0.15) is 17.5 Å². The Hall–Kier alpha value is -1.89. The Bertz CT molecular complexity index is 682. The predicted octanol–water partition coefficient (Wildman–Crippen LogP) is 0.545. The van der Waals surface area contributed by atoms with Gasteiger partial charge < -0.3 is 10.6 Å². The summed E-state index contributed by atoms with van der Waals surface area (Å²) in [6.07, 6.45) is 0.352. The van der Waals surface area contributed by atoms with Crippen molar-refractivity contribution in [2.75, 3.05) is 16.8 Å². The topological polar surface area (TPSA) is 92.3 Å². The van der Waals surface area contributed by atoms with Gasteiger partial charge in [-0.05, 0) is 31.9 Å². The van der Waals surface area contributed by atoms with E-state index in [0.29, 0.717) is 12.1 Å². The van der Waals surface area contributed by atoms with Crippen LogP contribution < -0.4 is 10.6 Å². The van der Waals surface area contributed by atoms with Gasteiger partial charge in [0.1, 0.15) is 0 Å². The lowest BCUT2D eigenvalue weighted by molar-refractivity contribution is -0.136. The normalized spacial score (nSPS) is 20.0. The molecule has 0 aliphatic carbocycles. The molecular formula is C14H18N2O4S. The van der Waals surface area contributed by atoms with E-state index >= 15 is 0 Å². The fourth-order valence-electron chi connectivity index (χ4n) is 2.29. The van der Waals surface area contributed by atoms with Crippen molar-refractivity contribution in [2.24, 2.45) is 0 Å². The SMILES string of the molecule is Cc1ccc(NC(=O)C(=O)NC2CCS(=O)(=O)C2)c(C)c1. The summed E-state index contributed by atoms with van der Waals surface area (Å²) in [4.78, 5) is 23.6. The van der Waals surface area contributed by atoms with E-state index in [1.807, 2.05) is 26.0 Å². The smallest absolute Gasteiger partial charge is 0.313 e. The molecule has 0 spiro atoms. The zero-order valence-corrected chi connectivity index (χ0v) is 12.8. The predicted molar refractivity (Wildman–Crippen MR) is 79.7 cm³/mol. The lowest BCUT2D eigenvalue weighted by atomic mass is 10.1. The molecule has 2 amide bonds. The van der Waals surface area contributed by atoms with Crippen molar-refractivity contribution in [1.29, 1.82) is 0 Å². The molecule has 2 N–H and O–H groups in total. The van der Waals surface area contributed by atoms with Crippen molar-refractivity contribution in [2.45, 2.75) is 26.3 Å². The van der Waals surface area contributed by atoms with E-state index < -0.39 is 27.7 Å². The van der Waals surface area contributed by atoms with Gasteiger partial charge in [-0.15, -0.1) is 0 Å². The van der Waals surface area contributed by atoms with Crippen molar-refractivity contribution in [3.63, 3.8) is 0 Å². The minimum atomic E-state index is -3.08. The number of nitrogens with one attached hydrogen (secondary N) is 2. The Kier molecular flexibility index (Phi) is 4.32. The van der Waals surface area contributed by atoms with Crippen LogP contribution in [-0.4, -0.2) is 37.8 Å². The van der Waals surface area contributed by atoms with Crippen LogP contribution in [0.15, 0.2) is 18.2 Å². The number of benzene rings is 1. The van der Waals surface area contributed by atoms with E-state index in [2.05, 4.69) is 10.6 Å². The number of rotatable bonds is 2. The van der Waals surface area contributed by atoms with Crippen molar-refractivity contribution in [1.82, 2.24) is 5.32 Å². The molecule has 0 saturated carbocycles. The largest absolute Gasteiger partial charge is 0.344 e. The zero-order valence-electron chi connectivity index (χ0n) is 12.0. The van der Waals surface area contributed by atoms with Crippen molar-refractivity contribution < 1.29 is 18.0 Å². The van der Waals surface area contributed by atoms with E-state index in [4.69, 9.17) is 0 Å². The molecule has 1 aliphatic rings. The highest BCUT2D eigenvalue weighted by atomic mass is 32.2. The summed E-state index contributed by atoms with van der Waals surface area (Å²) in [5, 5.41) is 4.99. The average molecular weight is 310 g/mol. The van der Waals surface area contributed by atoms with E-state index in [9.17, 15) is 18.0 Å². The molecule has 0 aromatic heterocycles. The van der Waals surface area contributed by atoms with Crippen LogP contribution in [0.2, 0.25) is 0 Å². The monoisotopic (exact) mass is 310 g/mol. The third-order valence-corrected chi connectivity index (χ3v) is 5.17. The Morgan fingerprint density at radius 3 is 2.48 bits per heavy atom. The van der Waals surface area contributed by atoms with Crippen LogP contribution in [0.5, 0.6) is 0 Å². The maximum Gasteiger partial charge on any atom is 0.313 e. The molecule has 2 rings (SSSR count). The maximum absolute atomic E-state index is 11.8. The van der Waals surface area contributed by atoms with Gasteiger partial charge in [-0.1, -0.05) is 17.7 Å². The van der Waals surface area contributed by atoms with E-state index in [1.165, 1.54) is 0 Å². The molecule has 1 saturated heterocycles. The minimum Gasteiger partial charge on any atom is -0.344 e. The third kappa shape index (κ3) is 4.04. The van der Waals surface area contributed by atoms with Crippen molar-refractivity contribution in [3.05, 3.63) is 29.3 Å². The molecule has 0 bridgehead atoms. The van der Waals surface area contributed by atoms with Gasteiger partial charge in [-0.2, -0.15) is 0 Å². The van der Waals surface area contributed by atoms with Crippen LogP contribution in [0, 0.1) is 13.8 Å². The minimum absolute atomic E-state index is 0.0522. The lowest BCUT2D eigenvalue weighted by Gasteiger charge is -2.12. The molecule has 1 heterocycles. The number of sulfone groups is 1. The van der Waals surface area contributed by atoms with E-state index in [0.717, 1.165) is 11.1 Å². The van der Waals surface area contributed by atoms with Crippen LogP contribution >= 0.6 is 0 Å². The van der Waals surface area contributed by atoms with Gasteiger partial charge in [0.15, 0.2) is 9.84 Å². The molecule has 6 nitrogen and oxygen atoms in total. The molecule has 1 aliphatic heterocycles. The van der Waals surface area contributed by atoms with Crippen molar-refractivity contribution in [3.8, 4) is 0 Å². The number of hydrogen-bond donors (Lipinski definition) is 2. The molecule has 1 fully saturated rings. The number of carbonyl (C=O) groups excluding carboxylic acids is 2. The first kappa shape index (κ1) is 15.5. The summed E-state index contributed by atoms with van der Waals surface area (Å²) in [5.74, 6) is -1.64. The van der Waals surface area contributed by atoms with Gasteiger partial charge in [0.2, 0.25) is 0 Å². The molecule has 1 aromatic rings. The molecule has 1 aromatic carbocycles. The molecule has 0 radical (unpaired) electrons. The summed E-state index contributed by atoms with van der Waals surface area (Å²) in [7, 11) is -3.08. The first-order valence-corrected chi connectivity index (χ1v) is 8.48. The Labute approximate surface area is 123 Å². The molecule has 114 valence electrons. The summed E-state index contributed by atoms with van der Waals surface area (Å²) in [6, 6.07) is 4.99. The van der Waals surface area contributed by atoms with Gasteiger partial charge in [-0.25, -0.2) is 8.42 Å². The van der Waals surface area contributed by atoms with Gasteiger partial charge in [-0.3, -0.25) is 9.59 Å². The second-order valence-electron chi connectivity index (χ2n) is 5.35. The quantitative estimate of drug-likeness (QED) is 0.780. The van der Waals surface area contributed by atoms with Gasteiger partial charge in [0.25, 0.3) is 0 Å². The van der Waals surface area contributed by atoms with E-state index in [1.54, 1.807) is 6.07 Å². The third-order valence-electron chi connectivity index (χ3n) is 3.40. The first-order valence-electron chi connectivity index (χ1n) is 6.66. The van der Waals surface area contributed by atoms with Crippen LogP contribution in [0.25, 0.3) is 0 Å². The summed E-state index contributed by atoms with van der Waals surface area (Å²) >= 11 is 0. The molecular weight excluding hydrogens is 292 g/mol. The number of amides is 2. The highest BCUT2D eigenvalue weighted by Crippen LogP contribution is 2.16. The van der Waals surface area contributed by atoms with E-state index in [-0.39, 0.29) is 11.5 Å². The Morgan fingerprint density at radius 2 is 1.90 bits per heavy atom. The second kappa shape index (κ2) is 5.85. The van der Waals surface area contributed by atoms with Gasteiger partial charge >= 0.3 is 11.8 Å². The number of aryl methyl sites for hydroxylation is 2. The second-order valence-corrected chi connectivity index (χ2v) is 7.57. The average Bonchev–Trinajstić information content (AvgIpc) is 2.72. The number of anilines is 1. The van der Waals surface area contributed by atoms with Crippen LogP contribution in [0.4, 0.5) is 5.69 Å². The maximum atomic E-state index is 11.8. The number of carbonyl (C=O) groups is 2. The zero-order chi connectivity index (χ0) is 15.6. The molecule has 1 unspecified atom stereocenters. The summed E-state index contributed by atoms with van der Waals surface area (Å²) in [5.41, 5.74) is 2.49. The standard InChI is InChI=1S/C14H18N2O4S/c1-9-3-4-12(10(2)7-9)16-14(18)13(17)15-11-5-6-21(19,20)8-11/h3-4,7,11H,5-6,8H2,1-2H3,(H,15,17)(H,16,18). The van der Waals surface area contributed by atoms with Crippen LogP contribution in [0.3, 0.4) is 0 Å². The highest BCUT2D eigenvalue weighted by molar-refractivity contribution is 7.91. The Balaban J connectivity index is 1.95. The van der Waals surface area contributed by atoms with Gasteiger partial charge in [0.05, 0.1) is 11.5 Å². The lowest BCUT2D eigenvalue weighted by Crippen LogP contribution is -2.42. The number of hydrogen-bond acceptors (Lipinski definition) is 4. The Morgan fingerprint density at radius 1 is 1.19 bits per heavy atom. The molecule has 7 heteroatoms. The summed E-state index contributed by atoms with van der Waals surface area (Å²) < 4.78 is 22.6. The first-order chi connectivity index (χ1) is 9.77. The fourth-order valence-corrected chi connectivity index (χ4v) is 3.97. The van der Waals surface area contributed by atoms with Crippen LogP contribution in [-0.2, 0) is 19.4 Å². The molecule has 21 heavy (non-hydrogen) atoms. The van der Waals surface area contributed by atoms with Crippen molar-refractivity contribution >= 4 is 27.3 Å². The molecule has 1 atom stereocenters. The highest BCUT2D eigenvalue weighted by Gasteiger charge is 2.30. The van der Waals surface area contributed by atoms with Gasteiger partial charge in [0, 0.05) is 11.7 Å².